The first kappa shape index (κ1) is 19.4. The lowest BCUT2D eigenvalue weighted by Gasteiger charge is -2.12. The SMILES string of the molecule is COc1ccc(-c2nnc(NC(=O)[C@@H](C)NC(=O)c3cccc(F)c3)s2)cc1. The summed E-state index contributed by atoms with van der Waals surface area (Å²) in [5.74, 6) is -0.796. The number of hydrogen-bond donors (Lipinski definition) is 2. The fraction of sp³-hybridized carbons (Fsp3) is 0.158. The smallest absolute Gasteiger partial charge is 0.252 e. The van der Waals surface area contributed by atoms with Crippen molar-refractivity contribution in [2.24, 2.45) is 0 Å². The van der Waals surface area contributed by atoms with Crippen molar-refractivity contribution in [1.82, 2.24) is 15.5 Å². The molecule has 2 N–H and O–H groups in total. The fourth-order valence-electron chi connectivity index (χ4n) is 2.31. The zero-order chi connectivity index (χ0) is 20.1. The first-order valence-electron chi connectivity index (χ1n) is 8.31. The van der Waals surface area contributed by atoms with Gasteiger partial charge in [0.05, 0.1) is 7.11 Å². The number of ether oxygens (including phenoxy) is 1. The van der Waals surface area contributed by atoms with E-state index in [2.05, 4.69) is 20.8 Å². The summed E-state index contributed by atoms with van der Waals surface area (Å²) in [7, 11) is 1.59. The Morgan fingerprint density at radius 2 is 1.89 bits per heavy atom. The molecule has 2 amide bonds. The van der Waals surface area contributed by atoms with E-state index in [1.165, 1.54) is 36.5 Å². The molecule has 144 valence electrons. The van der Waals surface area contributed by atoms with Gasteiger partial charge in [-0.3, -0.25) is 14.9 Å². The van der Waals surface area contributed by atoms with Crippen LogP contribution in [-0.2, 0) is 4.79 Å². The van der Waals surface area contributed by atoms with Gasteiger partial charge in [-0.15, -0.1) is 10.2 Å². The second-order valence-corrected chi connectivity index (χ2v) is 6.81. The number of carbonyl (C=O) groups is 2. The Kier molecular flexibility index (Phi) is 5.95. The summed E-state index contributed by atoms with van der Waals surface area (Å²) in [4.78, 5) is 24.4. The molecule has 0 aliphatic rings. The van der Waals surface area contributed by atoms with Gasteiger partial charge in [0, 0.05) is 11.1 Å². The zero-order valence-corrected chi connectivity index (χ0v) is 15.9. The van der Waals surface area contributed by atoms with E-state index >= 15 is 0 Å². The highest BCUT2D eigenvalue weighted by Gasteiger charge is 2.19. The number of benzene rings is 2. The molecular formula is C19H17FN4O3S. The van der Waals surface area contributed by atoms with Crippen LogP contribution in [-0.4, -0.2) is 35.2 Å². The standard InChI is InChI=1S/C19H17FN4O3S/c1-11(21-17(26)13-4-3-5-14(20)10-13)16(25)22-19-24-23-18(28-19)12-6-8-15(27-2)9-7-12/h3-11H,1-2H3,(H,21,26)(H,22,24,25)/t11-/m1/s1. The Labute approximate surface area is 164 Å². The molecule has 7 nitrogen and oxygen atoms in total. The fourth-order valence-corrected chi connectivity index (χ4v) is 3.06. The van der Waals surface area contributed by atoms with E-state index in [4.69, 9.17) is 4.74 Å². The number of aromatic nitrogens is 2. The van der Waals surface area contributed by atoms with Crippen LogP contribution in [0.15, 0.2) is 48.5 Å². The molecular weight excluding hydrogens is 383 g/mol. The molecule has 1 atom stereocenters. The van der Waals surface area contributed by atoms with Crippen molar-refractivity contribution >= 4 is 28.3 Å². The minimum absolute atomic E-state index is 0.136. The maximum absolute atomic E-state index is 13.2. The van der Waals surface area contributed by atoms with Crippen molar-refractivity contribution < 1.29 is 18.7 Å². The van der Waals surface area contributed by atoms with Gasteiger partial charge >= 0.3 is 0 Å². The number of anilines is 1. The number of halogens is 1. The van der Waals surface area contributed by atoms with Crippen LogP contribution in [0.1, 0.15) is 17.3 Å². The monoisotopic (exact) mass is 400 g/mol. The van der Waals surface area contributed by atoms with Crippen molar-refractivity contribution in [2.75, 3.05) is 12.4 Å². The molecule has 0 aliphatic heterocycles. The Morgan fingerprint density at radius 3 is 2.57 bits per heavy atom. The molecule has 28 heavy (non-hydrogen) atoms. The number of nitrogens with one attached hydrogen (secondary N) is 2. The van der Waals surface area contributed by atoms with Crippen LogP contribution >= 0.6 is 11.3 Å². The highest BCUT2D eigenvalue weighted by molar-refractivity contribution is 7.18. The van der Waals surface area contributed by atoms with E-state index in [0.717, 1.165) is 17.4 Å². The summed E-state index contributed by atoms with van der Waals surface area (Å²) < 4.78 is 18.3. The molecule has 3 aromatic rings. The van der Waals surface area contributed by atoms with E-state index in [0.29, 0.717) is 10.1 Å². The lowest BCUT2D eigenvalue weighted by molar-refractivity contribution is -0.117. The van der Waals surface area contributed by atoms with Gasteiger partial charge in [0.15, 0.2) is 0 Å². The summed E-state index contributed by atoms with van der Waals surface area (Å²) in [6.45, 7) is 1.53. The summed E-state index contributed by atoms with van der Waals surface area (Å²) in [6, 6.07) is 11.7. The molecule has 1 heterocycles. The maximum atomic E-state index is 13.2. The Morgan fingerprint density at radius 1 is 1.14 bits per heavy atom. The summed E-state index contributed by atoms with van der Waals surface area (Å²) in [6.07, 6.45) is 0. The van der Waals surface area contributed by atoms with Crippen LogP contribution in [0.2, 0.25) is 0 Å². The van der Waals surface area contributed by atoms with Gasteiger partial charge < -0.3 is 10.1 Å². The second-order valence-electron chi connectivity index (χ2n) is 5.84. The number of carbonyl (C=O) groups excluding carboxylic acids is 2. The van der Waals surface area contributed by atoms with Crippen LogP contribution in [0, 0.1) is 5.82 Å². The predicted octanol–water partition coefficient (Wildman–Crippen LogP) is 3.11. The molecule has 0 bridgehead atoms. The third-order valence-corrected chi connectivity index (χ3v) is 4.71. The van der Waals surface area contributed by atoms with Gasteiger partial charge in [0.25, 0.3) is 5.91 Å². The molecule has 1 aromatic heterocycles. The van der Waals surface area contributed by atoms with E-state index in [-0.39, 0.29) is 5.56 Å². The van der Waals surface area contributed by atoms with Crippen molar-refractivity contribution in [3.8, 4) is 16.3 Å². The third kappa shape index (κ3) is 4.68. The van der Waals surface area contributed by atoms with E-state index in [1.54, 1.807) is 19.2 Å². The number of amides is 2. The lowest BCUT2D eigenvalue weighted by atomic mass is 10.2. The van der Waals surface area contributed by atoms with Crippen LogP contribution in [0.3, 0.4) is 0 Å². The van der Waals surface area contributed by atoms with Gasteiger partial charge in [0.1, 0.15) is 22.6 Å². The van der Waals surface area contributed by atoms with Gasteiger partial charge in [-0.25, -0.2) is 4.39 Å². The molecule has 0 fully saturated rings. The molecule has 2 aromatic carbocycles. The number of hydrogen-bond acceptors (Lipinski definition) is 6. The van der Waals surface area contributed by atoms with Crippen molar-refractivity contribution in [1.29, 1.82) is 0 Å². The first-order valence-corrected chi connectivity index (χ1v) is 9.13. The quantitative estimate of drug-likeness (QED) is 0.663. The average molecular weight is 400 g/mol. The topological polar surface area (TPSA) is 93.2 Å². The predicted molar refractivity (Wildman–Crippen MR) is 104 cm³/mol. The van der Waals surface area contributed by atoms with E-state index in [9.17, 15) is 14.0 Å². The Balaban J connectivity index is 1.61. The summed E-state index contributed by atoms with van der Waals surface area (Å²) in [5, 5.41) is 14.1. The minimum atomic E-state index is -0.843. The normalized spacial score (nSPS) is 11.5. The molecule has 0 saturated carbocycles. The summed E-state index contributed by atoms with van der Waals surface area (Å²) >= 11 is 1.21. The Bertz CT molecular complexity index is 991. The molecule has 0 spiro atoms. The second kappa shape index (κ2) is 8.57. The van der Waals surface area contributed by atoms with E-state index < -0.39 is 23.7 Å². The summed E-state index contributed by atoms with van der Waals surface area (Å²) in [5.41, 5.74) is 0.976. The third-order valence-electron chi connectivity index (χ3n) is 3.82. The molecule has 9 heteroatoms. The van der Waals surface area contributed by atoms with Gasteiger partial charge in [0.2, 0.25) is 11.0 Å². The highest BCUT2D eigenvalue weighted by atomic mass is 32.1. The molecule has 0 aliphatic carbocycles. The zero-order valence-electron chi connectivity index (χ0n) is 15.1. The van der Waals surface area contributed by atoms with Crippen LogP contribution in [0.25, 0.3) is 10.6 Å². The number of nitrogens with zero attached hydrogens (tertiary/aromatic N) is 2. The molecule has 0 unspecified atom stereocenters. The van der Waals surface area contributed by atoms with E-state index in [1.807, 2.05) is 12.1 Å². The number of methoxy groups -OCH3 is 1. The minimum Gasteiger partial charge on any atom is -0.497 e. The van der Waals surface area contributed by atoms with Crippen LogP contribution in [0.4, 0.5) is 9.52 Å². The number of rotatable bonds is 6. The first-order chi connectivity index (χ1) is 13.5. The average Bonchev–Trinajstić information content (AvgIpc) is 3.16. The molecule has 3 rings (SSSR count). The van der Waals surface area contributed by atoms with Crippen molar-refractivity contribution in [3.63, 3.8) is 0 Å². The van der Waals surface area contributed by atoms with Crippen LogP contribution < -0.4 is 15.4 Å². The molecule has 0 saturated heterocycles. The molecule has 0 radical (unpaired) electrons. The highest BCUT2D eigenvalue weighted by Crippen LogP contribution is 2.27. The Hall–Kier alpha value is -3.33. The van der Waals surface area contributed by atoms with Crippen LogP contribution in [0.5, 0.6) is 5.75 Å². The van der Waals surface area contributed by atoms with Gasteiger partial charge in [-0.05, 0) is 49.4 Å². The lowest BCUT2D eigenvalue weighted by Crippen LogP contribution is -2.41. The van der Waals surface area contributed by atoms with Gasteiger partial charge in [-0.2, -0.15) is 0 Å². The van der Waals surface area contributed by atoms with Crippen molar-refractivity contribution in [2.45, 2.75) is 13.0 Å². The largest absolute Gasteiger partial charge is 0.497 e. The van der Waals surface area contributed by atoms with Crippen molar-refractivity contribution in [3.05, 3.63) is 59.9 Å². The maximum Gasteiger partial charge on any atom is 0.252 e. The van der Waals surface area contributed by atoms with Gasteiger partial charge in [-0.1, -0.05) is 17.4 Å².